The lowest BCUT2D eigenvalue weighted by Gasteiger charge is -2.32. The second kappa shape index (κ2) is 7.85. The third kappa shape index (κ3) is 4.94. The monoisotopic (exact) mass is 358 g/mol. The average molecular weight is 359 g/mol. The molecule has 1 saturated carbocycles. The summed E-state index contributed by atoms with van der Waals surface area (Å²) in [4.78, 5) is 26.4. The summed E-state index contributed by atoms with van der Waals surface area (Å²) >= 11 is 0. The van der Waals surface area contributed by atoms with Crippen LogP contribution in [0.2, 0.25) is 0 Å². The van der Waals surface area contributed by atoms with Crippen LogP contribution in [-0.4, -0.2) is 56.3 Å². The van der Waals surface area contributed by atoms with E-state index in [0.717, 1.165) is 12.8 Å². The van der Waals surface area contributed by atoms with Crippen LogP contribution < -0.4 is 5.32 Å². The van der Waals surface area contributed by atoms with E-state index in [-0.39, 0.29) is 41.2 Å². The van der Waals surface area contributed by atoms with Crippen molar-refractivity contribution in [1.82, 2.24) is 10.2 Å². The van der Waals surface area contributed by atoms with Gasteiger partial charge in [-0.3, -0.25) is 9.59 Å². The molecule has 0 radical (unpaired) electrons. The smallest absolute Gasteiger partial charge is 0.225 e. The number of sulfone groups is 1. The van der Waals surface area contributed by atoms with Crippen molar-refractivity contribution in [3.63, 3.8) is 0 Å². The molecule has 2 amide bonds. The lowest BCUT2D eigenvalue weighted by atomic mass is 9.80. The summed E-state index contributed by atoms with van der Waals surface area (Å²) in [6.07, 6.45) is 3.43. The molecule has 0 spiro atoms. The molecule has 7 heteroatoms. The highest BCUT2D eigenvalue weighted by Crippen LogP contribution is 2.31. The molecule has 0 bridgehead atoms. The standard InChI is InChI=1S/C17H30N2O4S/c1-12(2)10-18-16(20)13-4-6-14(7-5-13)17(21)19(3)15-8-9-24(22,23)11-15/h12-15H,4-11H2,1-3H3,(H,18,20). The van der Waals surface area contributed by atoms with E-state index >= 15 is 0 Å². The van der Waals surface area contributed by atoms with Crippen molar-refractivity contribution in [2.45, 2.75) is 52.0 Å². The van der Waals surface area contributed by atoms with E-state index < -0.39 is 9.84 Å². The third-order valence-electron chi connectivity index (χ3n) is 5.24. The van der Waals surface area contributed by atoms with Crippen LogP contribution in [0.4, 0.5) is 0 Å². The van der Waals surface area contributed by atoms with Crippen molar-refractivity contribution in [3.8, 4) is 0 Å². The Hall–Kier alpha value is -1.11. The van der Waals surface area contributed by atoms with Gasteiger partial charge in [0.1, 0.15) is 0 Å². The highest BCUT2D eigenvalue weighted by Gasteiger charge is 2.37. The van der Waals surface area contributed by atoms with Gasteiger partial charge in [0.15, 0.2) is 9.84 Å². The Bertz CT molecular complexity index is 565. The maximum absolute atomic E-state index is 12.6. The summed E-state index contributed by atoms with van der Waals surface area (Å²) in [5.41, 5.74) is 0. The van der Waals surface area contributed by atoms with Crippen LogP contribution in [0, 0.1) is 17.8 Å². The fourth-order valence-electron chi connectivity index (χ4n) is 3.60. The van der Waals surface area contributed by atoms with E-state index in [2.05, 4.69) is 19.2 Å². The molecule has 1 atom stereocenters. The topological polar surface area (TPSA) is 83.6 Å². The van der Waals surface area contributed by atoms with Gasteiger partial charge in [0.25, 0.3) is 0 Å². The summed E-state index contributed by atoms with van der Waals surface area (Å²) in [5.74, 6) is 0.767. The highest BCUT2D eigenvalue weighted by atomic mass is 32.2. The number of carbonyl (C=O) groups excluding carboxylic acids is 2. The van der Waals surface area contributed by atoms with Gasteiger partial charge in [0, 0.05) is 31.5 Å². The molecule has 1 N–H and O–H groups in total. The maximum atomic E-state index is 12.6. The minimum atomic E-state index is -2.98. The summed E-state index contributed by atoms with van der Waals surface area (Å²) in [6.45, 7) is 4.82. The molecule has 2 fully saturated rings. The zero-order valence-corrected chi connectivity index (χ0v) is 15.8. The van der Waals surface area contributed by atoms with Crippen molar-refractivity contribution in [3.05, 3.63) is 0 Å². The normalized spacial score (nSPS) is 29.4. The van der Waals surface area contributed by atoms with Gasteiger partial charge in [-0.05, 0) is 38.0 Å². The molecule has 0 aromatic heterocycles. The molecule has 1 unspecified atom stereocenters. The molecule has 1 heterocycles. The van der Waals surface area contributed by atoms with Gasteiger partial charge >= 0.3 is 0 Å². The second-order valence-electron chi connectivity index (χ2n) is 7.69. The van der Waals surface area contributed by atoms with Crippen LogP contribution in [-0.2, 0) is 19.4 Å². The summed E-state index contributed by atoms with van der Waals surface area (Å²) in [7, 11) is -1.27. The van der Waals surface area contributed by atoms with Crippen LogP contribution in [0.5, 0.6) is 0 Å². The Morgan fingerprint density at radius 3 is 2.17 bits per heavy atom. The van der Waals surface area contributed by atoms with E-state index in [0.29, 0.717) is 31.7 Å². The van der Waals surface area contributed by atoms with Crippen LogP contribution in [0.15, 0.2) is 0 Å². The fourth-order valence-corrected chi connectivity index (χ4v) is 5.37. The van der Waals surface area contributed by atoms with Crippen LogP contribution >= 0.6 is 0 Å². The number of nitrogens with zero attached hydrogens (tertiary/aromatic N) is 1. The first kappa shape index (κ1) is 19.2. The lowest BCUT2D eigenvalue weighted by Crippen LogP contribution is -2.43. The Labute approximate surface area is 145 Å². The van der Waals surface area contributed by atoms with Crippen molar-refractivity contribution in [1.29, 1.82) is 0 Å². The lowest BCUT2D eigenvalue weighted by molar-refractivity contribution is -0.138. The summed E-state index contributed by atoms with van der Waals surface area (Å²) < 4.78 is 23.2. The van der Waals surface area contributed by atoms with E-state index in [1.54, 1.807) is 11.9 Å². The molecule has 1 aliphatic carbocycles. The molecule has 2 rings (SSSR count). The highest BCUT2D eigenvalue weighted by molar-refractivity contribution is 7.91. The van der Waals surface area contributed by atoms with Gasteiger partial charge < -0.3 is 10.2 Å². The molecule has 1 aliphatic heterocycles. The molecule has 138 valence electrons. The molecule has 0 aromatic carbocycles. The minimum absolute atomic E-state index is 0.00460. The molecule has 0 aromatic rings. The maximum Gasteiger partial charge on any atom is 0.225 e. The molecular weight excluding hydrogens is 328 g/mol. The summed E-state index contributed by atoms with van der Waals surface area (Å²) in [6, 6.07) is -0.186. The zero-order chi connectivity index (χ0) is 17.9. The van der Waals surface area contributed by atoms with Gasteiger partial charge in [0.05, 0.1) is 11.5 Å². The Morgan fingerprint density at radius 2 is 1.67 bits per heavy atom. The van der Waals surface area contributed by atoms with Crippen LogP contribution in [0.3, 0.4) is 0 Å². The summed E-state index contributed by atoms with van der Waals surface area (Å²) in [5, 5.41) is 2.97. The van der Waals surface area contributed by atoms with E-state index in [1.165, 1.54) is 0 Å². The number of carbonyl (C=O) groups is 2. The van der Waals surface area contributed by atoms with Crippen molar-refractivity contribution < 1.29 is 18.0 Å². The van der Waals surface area contributed by atoms with Gasteiger partial charge in [0.2, 0.25) is 11.8 Å². The molecular formula is C17H30N2O4S. The van der Waals surface area contributed by atoms with Crippen molar-refractivity contribution in [2.24, 2.45) is 17.8 Å². The van der Waals surface area contributed by atoms with E-state index in [9.17, 15) is 18.0 Å². The Morgan fingerprint density at radius 1 is 1.08 bits per heavy atom. The Kier molecular flexibility index (Phi) is 6.28. The second-order valence-corrected chi connectivity index (χ2v) is 9.92. The van der Waals surface area contributed by atoms with E-state index in [4.69, 9.17) is 0 Å². The Balaban J connectivity index is 1.81. The number of amides is 2. The van der Waals surface area contributed by atoms with Gasteiger partial charge in [-0.1, -0.05) is 13.8 Å². The molecule has 24 heavy (non-hydrogen) atoms. The minimum Gasteiger partial charge on any atom is -0.356 e. The SMILES string of the molecule is CC(C)CNC(=O)C1CCC(C(=O)N(C)C2CCS(=O)(=O)C2)CC1. The number of hydrogen-bond donors (Lipinski definition) is 1. The third-order valence-corrected chi connectivity index (χ3v) is 6.99. The first-order valence-electron chi connectivity index (χ1n) is 8.94. The molecule has 2 aliphatic rings. The first-order valence-corrected chi connectivity index (χ1v) is 10.8. The van der Waals surface area contributed by atoms with Crippen molar-refractivity contribution in [2.75, 3.05) is 25.1 Å². The fraction of sp³-hybridized carbons (Fsp3) is 0.882. The van der Waals surface area contributed by atoms with E-state index in [1.807, 2.05) is 0 Å². The van der Waals surface area contributed by atoms with Gasteiger partial charge in [-0.15, -0.1) is 0 Å². The number of nitrogens with one attached hydrogen (secondary N) is 1. The quantitative estimate of drug-likeness (QED) is 0.801. The van der Waals surface area contributed by atoms with Crippen LogP contribution in [0.1, 0.15) is 46.0 Å². The predicted molar refractivity (Wildman–Crippen MR) is 93.1 cm³/mol. The van der Waals surface area contributed by atoms with Gasteiger partial charge in [-0.25, -0.2) is 8.42 Å². The number of hydrogen-bond acceptors (Lipinski definition) is 4. The number of rotatable bonds is 5. The first-order chi connectivity index (χ1) is 11.2. The molecule has 1 saturated heterocycles. The average Bonchev–Trinajstić information content (AvgIpc) is 2.91. The van der Waals surface area contributed by atoms with Crippen LogP contribution in [0.25, 0.3) is 0 Å². The largest absolute Gasteiger partial charge is 0.356 e. The zero-order valence-electron chi connectivity index (χ0n) is 15.0. The molecule has 6 nitrogen and oxygen atoms in total. The van der Waals surface area contributed by atoms with Crippen molar-refractivity contribution >= 4 is 21.7 Å². The van der Waals surface area contributed by atoms with Gasteiger partial charge in [-0.2, -0.15) is 0 Å². The predicted octanol–water partition coefficient (Wildman–Crippen LogP) is 1.21.